The molecule has 1 heterocycles. The molecule has 0 saturated heterocycles. The van der Waals surface area contributed by atoms with E-state index in [-0.39, 0.29) is 12.5 Å². The number of rotatable bonds is 3. The van der Waals surface area contributed by atoms with Crippen molar-refractivity contribution in [3.05, 3.63) is 21.4 Å². The van der Waals surface area contributed by atoms with Gasteiger partial charge in [-0.2, -0.15) is 13.2 Å². The van der Waals surface area contributed by atoms with Gasteiger partial charge in [0, 0.05) is 21.8 Å². The van der Waals surface area contributed by atoms with Crippen molar-refractivity contribution < 1.29 is 13.2 Å². The molecular weight excluding hydrogens is 283 g/mol. The van der Waals surface area contributed by atoms with Gasteiger partial charge in [-0.15, -0.1) is 11.3 Å². The van der Waals surface area contributed by atoms with Crippen LogP contribution in [0.25, 0.3) is 0 Å². The predicted molar refractivity (Wildman–Crippen MR) is 77.1 cm³/mol. The molecule has 5 heteroatoms. The molecule has 0 radical (unpaired) electrons. The maximum Gasteiger partial charge on any atom is 0.393 e. The third-order valence-electron chi connectivity index (χ3n) is 4.20. The lowest BCUT2D eigenvalue weighted by molar-refractivity contribution is -0.189. The normalized spacial score (nSPS) is 25.7. The summed E-state index contributed by atoms with van der Waals surface area (Å²) >= 11 is 1.70. The second-order valence-electron chi connectivity index (χ2n) is 5.80. The van der Waals surface area contributed by atoms with E-state index in [9.17, 15) is 13.2 Å². The first-order valence-corrected chi connectivity index (χ1v) is 8.00. The lowest BCUT2D eigenvalue weighted by atomic mass is 9.83. The molecule has 1 aromatic rings. The fourth-order valence-electron chi connectivity index (χ4n) is 3.21. The minimum atomic E-state index is -4.09. The fraction of sp³-hybridized carbons (Fsp3) is 0.733. The fourth-order valence-corrected chi connectivity index (χ4v) is 4.24. The van der Waals surface area contributed by atoms with Crippen molar-refractivity contribution in [2.45, 2.75) is 64.7 Å². The summed E-state index contributed by atoms with van der Waals surface area (Å²) < 4.78 is 39.3. The molecule has 1 nitrogen and oxygen atoms in total. The van der Waals surface area contributed by atoms with Crippen LogP contribution in [0.4, 0.5) is 13.2 Å². The molecule has 1 N–H and O–H groups in total. The third-order valence-corrected chi connectivity index (χ3v) is 5.18. The number of nitrogens with one attached hydrogen (secondary N) is 1. The zero-order chi connectivity index (χ0) is 14.9. The summed E-state index contributed by atoms with van der Waals surface area (Å²) in [7, 11) is 0. The molecule has 2 rings (SSSR count). The van der Waals surface area contributed by atoms with Crippen molar-refractivity contribution in [1.82, 2.24) is 5.32 Å². The summed E-state index contributed by atoms with van der Waals surface area (Å²) in [6.07, 6.45) is -1.63. The smallest absolute Gasteiger partial charge is 0.307 e. The van der Waals surface area contributed by atoms with Crippen LogP contribution in [0, 0.1) is 19.8 Å². The van der Waals surface area contributed by atoms with Gasteiger partial charge in [0.2, 0.25) is 0 Å². The van der Waals surface area contributed by atoms with Crippen molar-refractivity contribution in [3.8, 4) is 0 Å². The molecule has 0 amide bonds. The molecule has 1 fully saturated rings. The van der Waals surface area contributed by atoms with Gasteiger partial charge in [0.05, 0.1) is 5.92 Å². The van der Waals surface area contributed by atoms with Crippen LogP contribution in [0.5, 0.6) is 0 Å². The van der Waals surface area contributed by atoms with Crippen LogP contribution in [0.3, 0.4) is 0 Å². The Hall–Kier alpha value is -0.550. The van der Waals surface area contributed by atoms with Crippen LogP contribution in [0.15, 0.2) is 6.07 Å². The predicted octanol–water partition coefficient (Wildman–Crippen LogP) is 5.14. The van der Waals surface area contributed by atoms with Gasteiger partial charge in [-0.3, -0.25) is 0 Å². The Morgan fingerprint density at radius 1 is 1.25 bits per heavy atom. The summed E-state index contributed by atoms with van der Waals surface area (Å²) in [6, 6.07) is 1.62. The number of aryl methyl sites for hydroxylation is 2. The second kappa shape index (κ2) is 6.06. The lowest BCUT2D eigenvalue weighted by Crippen LogP contribution is -2.46. The van der Waals surface area contributed by atoms with Crippen molar-refractivity contribution in [3.63, 3.8) is 0 Å². The van der Waals surface area contributed by atoms with Crippen LogP contribution in [0.1, 0.15) is 54.0 Å². The van der Waals surface area contributed by atoms with E-state index in [1.807, 2.05) is 20.8 Å². The Bertz CT molecular complexity index is 452. The van der Waals surface area contributed by atoms with E-state index in [0.29, 0.717) is 12.8 Å². The molecule has 0 spiro atoms. The average Bonchev–Trinajstić information content (AvgIpc) is 2.68. The molecule has 1 aliphatic carbocycles. The number of halogens is 3. The van der Waals surface area contributed by atoms with Gasteiger partial charge in [-0.1, -0.05) is 12.8 Å². The standard InChI is InChI=1S/C15H22F3NS/c1-9-8-12(11(3)20-9)10(2)19-14-7-5-4-6-13(14)15(16,17)18/h8,10,13-14,19H,4-7H2,1-3H3. The quantitative estimate of drug-likeness (QED) is 0.815. The first-order chi connectivity index (χ1) is 9.29. The molecule has 1 aromatic heterocycles. The summed E-state index contributed by atoms with van der Waals surface area (Å²) in [5.41, 5.74) is 1.14. The van der Waals surface area contributed by atoms with Crippen LogP contribution < -0.4 is 5.32 Å². The average molecular weight is 305 g/mol. The van der Waals surface area contributed by atoms with Crippen molar-refractivity contribution in [1.29, 1.82) is 0 Å². The summed E-state index contributed by atoms with van der Waals surface area (Å²) in [5.74, 6) is -1.20. The molecular formula is C15H22F3NS. The largest absolute Gasteiger partial charge is 0.393 e. The number of hydrogen-bond acceptors (Lipinski definition) is 2. The Labute approximate surface area is 122 Å². The van der Waals surface area contributed by atoms with E-state index in [0.717, 1.165) is 12.0 Å². The summed E-state index contributed by atoms with van der Waals surface area (Å²) in [4.78, 5) is 2.41. The van der Waals surface area contributed by atoms with E-state index < -0.39 is 18.1 Å². The van der Waals surface area contributed by atoms with E-state index in [1.54, 1.807) is 11.3 Å². The van der Waals surface area contributed by atoms with Gasteiger partial charge in [0.25, 0.3) is 0 Å². The van der Waals surface area contributed by atoms with E-state index >= 15 is 0 Å². The van der Waals surface area contributed by atoms with E-state index in [1.165, 1.54) is 9.75 Å². The molecule has 1 saturated carbocycles. The van der Waals surface area contributed by atoms with Gasteiger partial charge in [0.1, 0.15) is 0 Å². The van der Waals surface area contributed by atoms with Gasteiger partial charge < -0.3 is 5.32 Å². The Balaban J connectivity index is 2.09. The minimum Gasteiger partial charge on any atom is -0.307 e. The molecule has 0 aromatic carbocycles. The van der Waals surface area contributed by atoms with Gasteiger partial charge in [0.15, 0.2) is 0 Å². The van der Waals surface area contributed by atoms with Crippen molar-refractivity contribution in [2.75, 3.05) is 0 Å². The highest BCUT2D eigenvalue weighted by Gasteiger charge is 2.45. The maximum atomic E-state index is 13.1. The molecule has 20 heavy (non-hydrogen) atoms. The van der Waals surface area contributed by atoms with Crippen LogP contribution in [-0.4, -0.2) is 12.2 Å². The van der Waals surface area contributed by atoms with Crippen LogP contribution >= 0.6 is 11.3 Å². The number of thiophene rings is 1. The number of hydrogen-bond donors (Lipinski definition) is 1. The van der Waals surface area contributed by atoms with Crippen molar-refractivity contribution >= 4 is 11.3 Å². The summed E-state index contributed by atoms with van der Waals surface area (Å²) in [6.45, 7) is 6.04. The molecule has 0 bridgehead atoms. The van der Waals surface area contributed by atoms with Crippen LogP contribution in [0.2, 0.25) is 0 Å². The van der Waals surface area contributed by atoms with E-state index in [4.69, 9.17) is 0 Å². The zero-order valence-electron chi connectivity index (χ0n) is 12.2. The first-order valence-electron chi connectivity index (χ1n) is 7.18. The SMILES string of the molecule is Cc1cc(C(C)NC2CCCCC2C(F)(F)F)c(C)s1. The Kier molecular flexibility index (Phi) is 4.80. The van der Waals surface area contributed by atoms with Gasteiger partial charge in [-0.25, -0.2) is 0 Å². The van der Waals surface area contributed by atoms with Gasteiger partial charge >= 0.3 is 6.18 Å². The summed E-state index contributed by atoms with van der Waals surface area (Å²) in [5, 5.41) is 3.23. The van der Waals surface area contributed by atoms with E-state index in [2.05, 4.69) is 11.4 Å². The Morgan fingerprint density at radius 2 is 1.90 bits per heavy atom. The number of alkyl halides is 3. The topological polar surface area (TPSA) is 12.0 Å². The molecule has 114 valence electrons. The minimum absolute atomic E-state index is 0.0205. The molecule has 1 aliphatic rings. The molecule has 3 atom stereocenters. The van der Waals surface area contributed by atoms with Gasteiger partial charge in [-0.05, 0) is 45.2 Å². The molecule has 3 unspecified atom stereocenters. The second-order valence-corrected chi connectivity index (χ2v) is 7.26. The lowest BCUT2D eigenvalue weighted by Gasteiger charge is -2.35. The maximum absolute atomic E-state index is 13.1. The van der Waals surface area contributed by atoms with Crippen LogP contribution in [-0.2, 0) is 0 Å². The third kappa shape index (κ3) is 3.55. The monoisotopic (exact) mass is 305 g/mol. The Morgan fingerprint density at radius 3 is 2.45 bits per heavy atom. The highest BCUT2D eigenvalue weighted by molar-refractivity contribution is 7.12. The zero-order valence-corrected chi connectivity index (χ0v) is 13.0. The molecule has 0 aliphatic heterocycles. The highest BCUT2D eigenvalue weighted by Crippen LogP contribution is 2.39. The van der Waals surface area contributed by atoms with Crippen molar-refractivity contribution in [2.24, 2.45) is 5.92 Å². The highest BCUT2D eigenvalue weighted by atomic mass is 32.1. The first kappa shape index (κ1) is 15.8.